The second-order valence-electron chi connectivity index (χ2n) is 10.3. The lowest BCUT2D eigenvalue weighted by molar-refractivity contribution is -0.0598. The predicted molar refractivity (Wildman–Crippen MR) is 111 cm³/mol. The highest BCUT2D eigenvalue weighted by Crippen LogP contribution is 2.61. The molecule has 2 amide bonds. The minimum Gasteiger partial charge on any atom is -0.338 e. The fourth-order valence-corrected chi connectivity index (χ4v) is 6.93. The molecule has 4 heteroatoms. The van der Waals surface area contributed by atoms with Gasteiger partial charge >= 0.3 is 6.03 Å². The van der Waals surface area contributed by atoms with Gasteiger partial charge in [0.25, 0.3) is 0 Å². The Kier molecular flexibility index (Phi) is 5.06. The summed E-state index contributed by atoms with van der Waals surface area (Å²) in [5, 5.41) is 3.20. The summed E-state index contributed by atoms with van der Waals surface area (Å²) in [5.74, 6) is 3.01. The van der Waals surface area contributed by atoms with E-state index >= 15 is 0 Å². The molecule has 0 radical (unpaired) electrons. The van der Waals surface area contributed by atoms with E-state index in [0.717, 1.165) is 43.7 Å². The fraction of sp³-hybridized carbons (Fsp3) is 0.750. The third-order valence-corrected chi connectivity index (χ3v) is 7.96. The average molecular weight is 382 g/mol. The lowest BCUT2D eigenvalue weighted by Crippen LogP contribution is -2.49. The van der Waals surface area contributed by atoms with Crippen molar-refractivity contribution in [1.82, 2.24) is 15.2 Å². The van der Waals surface area contributed by atoms with Crippen LogP contribution in [0.4, 0.5) is 4.79 Å². The van der Waals surface area contributed by atoms with Crippen LogP contribution in [-0.2, 0) is 6.42 Å². The Morgan fingerprint density at radius 2 is 1.71 bits per heavy atom. The lowest BCUT2D eigenvalue weighted by atomic mass is 9.49. The Hall–Kier alpha value is -1.58. The molecule has 4 nitrogen and oxygen atoms in total. The van der Waals surface area contributed by atoms with Crippen LogP contribution in [0.15, 0.2) is 24.5 Å². The summed E-state index contributed by atoms with van der Waals surface area (Å²) < 4.78 is 0. The first-order valence-electron chi connectivity index (χ1n) is 11.6. The molecule has 4 bridgehead atoms. The maximum absolute atomic E-state index is 12.9. The molecular weight excluding hydrogens is 346 g/mol. The summed E-state index contributed by atoms with van der Waals surface area (Å²) in [5.41, 5.74) is 1.87. The number of urea groups is 1. The van der Waals surface area contributed by atoms with Crippen molar-refractivity contribution in [2.75, 3.05) is 13.1 Å². The Morgan fingerprint density at radius 3 is 2.32 bits per heavy atom. The molecular formula is C24H35N3O. The van der Waals surface area contributed by atoms with Gasteiger partial charge in [0.1, 0.15) is 0 Å². The SMILES string of the molecule is O=C(NCCCc1ccncc1)N(CCC12CC3CC(CC(C3)C1)C2)C1CC1. The standard InChI is InChI=1S/C24H35N3O/c28-23(26-8-1-2-18-5-9-25-10-6-18)27(22-3-4-22)11-7-24-15-19-12-20(16-24)14-21(13-19)17-24/h5-6,9-10,19-22H,1-4,7-8,11-17H2,(H,26,28). The number of carbonyl (C=O) groups is 1. The third-order valence-electron chi connectivity index (χ3n) is 7.96. The highest BCUT2D eigenvalue weighted by Gasteiger charge is 2.50. The predicted octanol–water partition coefficient (Wildman–Crippen LogP) is 4.79. The molecule has 0 unspecified atom stereocenters. The molecule has 6 rings (SSSR count). The topological polar surface area (TPSA) is 45.2 Å². The van der Waals surface area contributed by atoms with Crippen LogP contribution in [0.5, 0.6) is 0 Å². The number of aromatic nitrogens is 1. The van der Waals surface area contributed by atoms with Gasteiger partial charge in [0.2, 0.25) is 0 Å². The van der Waals surface area contributed by atoms with Gasteiger partial charge in [-0.1, -0.05) is 0 Å². The summed E-state index contributed by atoms with van der Waals surface area (Å²) in [6.45, 7) is 1.74. The second kappa shape index (κ2) is 7.68. The van der Waals surface area contributed by atoms with Gasteiger partial charge in [0, 0.05) is 31.5 Å². The number of nitrogens with zero attached hydrogens (tertiary/aromatic N) is 2. The summed E-state index contributed by atoms with van der Waals surface area (Å²) in [6, 6.07) is 4.81. The van der Waals surface area contributed by atoms with E-state index in [1.165, 1.54) is 63.4 Å². The Morgan fingerprint density at radius 1 is 1.07 bits per heavy atom. The highest BCUT2D eigenvalue weighted by molar-refractivity contribution is 5.74. The average Bonchev–Trinajstić information content (AvgIpc) is 3.50. The first-order chi connectivity index (χ1) is 13.7. The Bertz CT molecular complexity index is 649. The molecule has 5 aliphatic rings. The summed E-state index contributed by atoms with van der Waals surface area (Å²) in [4.78, 5) is 19.1. The number of carbonyl (C=O) groups excluding carboxylic acids is 1. The number of hydrogen-bond donors (Lipinski definition) is 1. The fourth-order valence-electron chi connectivity index (χ4n) is 6.93. The van der Waals surface area contributed by atoms with E-state index in [1.807, 2.05) is 12.4 Å². The molecule has 1 heterocycles. The smallest absolute Gasteiger partial charge is 0.317 e. The molecule has 1 aromatic rings. The van der Waals surface area contributed by atoms with E-state index in [9.17, 15) is 4.79 Å². The van der Waals surface area contributed by atoms with E-state index in [-0.39, 0.29) is 6.03 Å². The van der Waals surface area contributed by atoms with Crippen molar-refractivity contribution in [3.05, 3.63) is 30.1 Å². The molecule has 5 fully saturated rings. The van der Waals surface area contributed by atoms with Crippen LogP contribution in [0.1, 0.15) is 69.8 Å². The zero-order valence-electron chi connectivity index (χ0n) is 17.1. The van der Waals surface area contributed by atoms with Gasteiger partial charge in [-0.2, -0.15) is 0 Å². The first-order valence-corrected chi connectivity index (χ1v) is 11.6. The maximum Gasteiger partial charge on any atom is 0.317 e. The van der Waals surface area contributed by atoms with Crippen LogP contribution in [0.25, 0.3) is 0 Å². The minimum atomic E-state index is 0.182. The molecule has 0 spiro atoms. The van der Waals surface area contributed by atoms with Crippen molar-refractivity contribution in [3.8, 4) is 0 Å². The third kappa shape index (κ3) is 4.06. The van der Waals surface area contributed by atoms with Gasteiger partial charge in [0.15, 0.2) is 0 Å². The van der Waals surface area contributed by atoms with Gasteiger partial charge < -0.3 is 10.2 Å². The number of rotatable bonds is 8. The number of hydrogen-bond acceptors (Lipinski definition) is 2. The van der Waals surface area contributed by atoms with Crippen molar-refractivity contribution in [3.63, 3.8) is 0 Å². The normalized spacial score (nSPS) is 33.1. The highest BCUT2D eigenvalue weighted by atomic mass is 16.2. The molecule has 0 saturated heterocycles. The number of nitrogens with one attached hydrogen (secondary N) is 1. The van der Waals surface area contributed by atoms with E-state index in [1.54, 1.807) is 0 Å². The molecule has 0 aromatic carbocycles. The van der Waals surface area contributed by atoms with Gasteiger partial charge in [-0.05, 0) is 111 Å². The lowest BCUT2D eigenvalue weighted by Gasteiger charge is -2.57. The molecule has 1 aromatic heterocycles. The van der Waals surface area contributed by atoms with E-state index in [2.05, 4.69) is 27.3 Å². The van der Waals surface area contributed by atoms with E-state index in [4.69, 9.17) is 0 Å². The summed E-state index contributed by atoms with van der Waals surface area (Å²) in [7, 11) is 0. The molecule has 1 N–H and O–H groups in total. The molecule has 0 atom stereocenters. The van der Waals surface area contributed by atoms with Crippen molar-refractivity contribution < 1.29 is 4.79 Å². The zero-order chi connectivity index (χ0) is 19.0. The summed E-state index contributed by atoms with van der Waals surface area (Å²) >= 11 is 0. The maximum atomic E-state index is 12.9. The zero-order valence-corrected chi connectivity index (χ0v) is 17.1. The van der Waals surface area contributed by atoms with Crippen LogP contribution < -0.4 is 5.32 Å². The molecule has 28 heavy (non-hydrogen) atoms. The van der Waals surface area contributed by atoms with Gasteiger partial charge in [0.05, 0.1) is 0 Å². The van der Waals surface area contributed by atoms with E-state index in [0.29, 0.717) is 11.5 Å². The van der Waals surface area contributed by atoms with Crippen LogP contribution in [0.2, 0.25) is 0 Å². The first kappa shape index (κ1) is 18.4. The van der Waals surface area contributed by atoms with Crippen molar-refractivity contribution in [1.29, 1.82) is 0 Å². The van der Waals surface area contributed by atoms with E-state index < -0.39 is 0 Å². The number of aryl methyl sites for hydroxylation is 1. The van der Waals surface area contributed by atoms with Crippen molar-refractivity contribution in [2.24, 2.45) is 23.2 Å². The molecule has 152 valence electrons. The van der Waals surface area contributed by atoms with Crippen LogP contribution in [0, 0.1) is 23.2 Å². The van der Waals surface area contributed by atoms with Gasteiger partial charge in [-0.15, -0.1) is 0 Å². The quantitative estimate of drug-likeness (QED) is 0.658. The number of pyridine rings is 1. The number of amides is 2. The summed E-state index contributed by atoms with van der Waals surface area (Å²) in [6.07, 6.45) is 18.2. The molecule has 5 aliphatic carbocycles. The molecule has 0 aliphatic heterocycles. The van der Waals surface area contributed by atoms with Gasteiger partial charge in [-0.25, -0.2) is 4.79 Å². The minimum absolute atomic E-state index is 0.182. The second-order valence-corrected chi connectivity index (χ2v) is 10.3. The van der Waals surface area contributed by atoms with Crippen molar-refractivity contribution >= 4 is 6.03 Å². The molecule has 5 saturated carbocycles. The van der Waals surface area contributed by atoms with Crippen LogP contribution in [-0.4, -0.2) is 35.0 Å². The van der Waals surface area contributed by atoms with Gasteiger partial charge in [-0.3, -0.25) is 4.98 Å². The largest absolute Gasteiger partial charge is 0.338 e. The Labute approximate surface area is 169 Å². The van der Waals surface area contributed by atoms with Crippen LogP contribution in [0.3, 0.4) is 0 Å². The van der Waals surface area contributed by atoms with Crippen molar-refractivity contribution in [2.45, 2.75) is 76.7 Å². The van der Waals surface area contributed by atoms with Crippen LogP contribution >= 0.6 is 0 Å². The Balaban J connectivity index is 1.11. The monoisotopic (exact) mass is 381 g/mol.